The van der Waals surface area contributed by atoms with Gasteiger partial charge < -0.3 is 4.98 Å². The van der Waals surface area contributed by atoms with Gasteiger partial charge in [-0.15, -0.1) is 0 Å². The molecule has 0 spiro atoms. The Morgan fingerprint density at radius 3 is 1.96 bits per heavy atom. The summed E-state index contributed by atoms with van der Waals surface area (Å²) in [4.78, 5) is 13.8. The summed E-state index contributed by atoms with van der Waals surface area (Å²) in [7, 11) is 0. The van der Waals surface area contributed by atoms with Crippen molar-refractivity contribution in [2.75, 3.05) is 0 Å². The molecule has 2 heteroatoms. The van der Waals surface area contributed by atoms with E-state index in [4.69, 9.17) is 0 Å². The van der Waals surface area contributed by atoms with Crippen molar-refractivity contribution in [3.05, 3.63) is 58.5 Å². The number of pyridine rings is 1. The Kier molecular flexibility index (Phi) is 7.65. The van der Waals surface area contributed by atoms with E-state index in [2.05, 4.69) is 36.2 Å². The first kappa shape index (κ1) is 17.5. The minimum atomic E-state index is -0.0555. The second-order valence-electron chi connectivity index (χ2n) is 6.36. The molecule has 0 bridgehead atoms. The standard InChI is InChI=1S/C21H29NO/c1-2-3-4-5-6-7-8-9-10-18-11-13-19(14-12-18)20-15-16-21(23)22-17-20/h11-17H,2-10H2,1H3,(H,22,23). The van der Waals surface area contributed by atoms with Crippen LogP contribution in [0.1, 0.15) is 63.9 Å². The Hall–Kier alpha value is -1.83. The van der Waals surface area contributed by atoms with Gasteiger partial charge in [0.15, 0.2) is 0 Å². The molecule has 0 radical (unpaired) electrons. The Balaban J connectivity index is 1.69. The molecule has 1 N–H and O–H groups in total. The maximum atomic E-state index is 11.1. The number of aromatic amines is 1. The van der Waals surface area contributed by atoms with E-state index in [1.54, 1.807) is 12.3 Å². The van der Waals surface area contributed by atoms with E-state index < -0.39 is 0 Å². The summed E-state index contributed by atoms with van der Waals surface area (Å²) in [5.74, 6) is 0. The molecule has 2 aromatic rings. The van der Waals surface area contributed by atoms with Gasteiger partial charge in [0.05, 0.1) is 0 Å². The van der Waals surface area contributed by atoms with Crippen molar-refractivity contribution in [3.63, 3.8) is 0 Å². The Bertz CT molecular complexity index is 592. The van der Waals surface area contributed by atoms with E-state index in [0.717, 1.165) is 11.1 Å². The lowest BCUT2D eigenvalue weighted by atomic mass is 10.0. The molecule has 0 aliphatic carbocycles. The molecular weight excluding hydrogens is 282 g/mol. The van der Waals surface area contributed by atoms with E-state index in [-0.39, 0.29) is 5.56 Å². The minimum absolute atomic E-state index is 0.0555. The second-order valence-corrected chi connectivity index (χ2v) is 6.36. The molecule has 0 aliphatic rings. The van der Waals surface area contributed by atoms with Gasteiger partial charge in [0.1, 0.15) is 0 Å². The highest BCUT2D eigenvalue weighted by molar-refractivity contribution is 5.62. The molecule has 1 aromatic carbocycles. The van der Waals surface area contributed by atoms with Crippen LogP contribution in [-0.2, 0) is 6.42 Å². The number of rotatable bonds is 10. The lowest BCUT2D eigenvalue weighted by Crippen LogP contribution is -2.01. The highest BCUT2D eigenvalue weighted by Gasteiger charge is 1.99. The fourth-order valence-electron chi connectivity index (χ4n) is 2.92. The number of nitrogens with one attached hydrogen (secondary N) is 1. The first-order chi connectivity index (χ1) is 11.3. The van der Waals surface area contributed by atoms with Crippen LogP contribution in [0.4, 0.5) is 0 Å². The molecule has 0 unspecified atom stereocenters. The van der Waals surface area contributed by atoms with Gasteiger partial charge in [0.2, 0.25) is 5.56 Å². The number of H-pyrrole nitrogens is 1. The maximum Gasteiger partial charge on any atom is 0.247 e. The normalized spacial score (nSPS) is 10.8. The lowest BCUT2D eigenvalue weighted by Gasteiger charge is -2.05. The first-order valence-electron chi connectivity index (χ1n) is 9.07. The molecule has 1 heterocycles. The monoisotopic (exact) mass is 311 g/mol. The summed E-state index contributed by atoms with van der Waals surface area (Å²) < 4.78 is 0. The van der Waals surface area contributed by atoms with Crippen LogP contribution in [0.15, 0.2) is 47.4 Å². The summed E-state index contributed by atoms with van der Waals surface area (Å²) in [5.41, 5.74) is 3.56. The highest BCUT2D eigenvalue weighted by atomic mass is 16.1. The number of hydrogen-bond donors (Lipinski definition) is 1. The van der Waals surface area contributed by atoms with Crippen molar-refractivity contribution in [1.29, 1.82) is 0 Å². The summed E-state index contributed by atoms with van der Waals surface area (Å²) in [5, 5.41) is 0. The van der Waals surface area contributed by atoms with E-state index in [1.165, 1.54) is 63.4 Å². The number of benzene rings is 1. The van der Waals surface area contributed by atoms with Gasteiger partial charge in [-0.2, -0.15) is 0 Å². The van der Waals surface area contributed by atoms with Gasteiger partial charge in [-0.1, -0.05) is 76.1 Å². The summed E-state index contributed by atoms with van der Waals surface area (Å²) in [6, 6.07) is 12.2. The maximum absolute atomic E-state index is 11.1. The van der Waals surface area contributed by atoms with Gasteiger partial charge in [-0.25, -0.2) is 0 Å². The quantitative estimate of drug-likeness (QED) is 0.559. The Morgan fingerprint density at radius 1 is 0.739 bits per heavy atom. The van der Waals surface area contributed by atoms with Crippen molar-refractivity contribution >= 4 is 0 Å². The average molecular weight is 311 g/mol. The van der Waals surface area contributed by atoms with Crippen LogP contribution in [0.2, 0.25) is 0 Å². The SMILES string of the molecule is CCCCCCCCCCc1ccc(-c2ccc(=O)[nH]c2)cc1. The zero-order valence-corrected chi connectivity index (χ0v) is 14.3. The van der Waals surface area contributed by atoms with Crippen molar-refractivity contribution in [2.45, 2.75) is 64.7 Å². The summed E-state index contributed by atoms with van der Waals surface area (Å²) in [6.07, 6.45) is 13.9. The third-order valence-corrected chi connectivity index (χ3v) is 4.39. The topological polar surface area (TPSA) is 32.9 Å². The molecule has 0 fully saturated rings. The van der Waals surface area contributed by atoms with Crippen LogP contribution < -0.4 is 5.56 Å². The molecule has 1 aromatic heterocycles. The smallest absolute Gasteiger partial charge is 0.247 e. The molecule has 23 heavy (non-hydrogen) atoms. The van der Waals surface area contributed by atoms with Gasteiger partial charge >= 0.3 is 0 Å². The van der Waals surface area contributed by atoms with Crippen molar-refractivity contribution in [3.8, 4) is 11.1 Å². The molecule has 0 saturated heterocycles. The molecule has 124 valence electrons. The third kappa shape index (κ3) is 6.43. The van der Waals surface area contributed by atoms with Crippen LogP contribution in [0.5, 0.6) is 0 Å². The Labute approximate surface area is 140 Å². The predicted octanol–water partition coefficient (Wildman–Crippen LogP) is 5.73. The van der Waals surface area contributed by atoms with Crippen LogP contribution >= 0.6 is 0 Å². The van der Waals surface area contributed by atoms with E-state index in [1.807, 2.05) is 6.07 Å². The van der Waals surface area contributed by atoms with Crippen LogP contribution in [0, 0.1) is 0 Å². The number of aryl methyl sites for hydroxylation is 1. The third-order valence-electron chi connectivity index (χ3n) is 4.39. The highest BCUT2D eigenvalue weighted by Crippen LogP contribution is 2.19. The number of hydrogen-bond acceptors (Lipinski definition) is 1. The molecular formula is C21H29NO. The summed E-state index contributed by atoms with van der Waals surface area (Å²) in [6.45, 7) is 2.27. The van der Waals surface area contributed by atoms with Gasteiger partial charge in [0, 0.05) is 12.3 Å². The number of aromatic nitrogens is 1. The van der Waals surface area contributed by atoms with E-state index in [0.29, 0.717) is 0 Å². The second kappa shape index (κ2) is 10.0. The lowest BCUT2D eigenvalue weighted by molar-refractivity contribution is 0.575. The fraction of sp³-hybridized carbons (Fsp3) is 0.476. The minimum Gasteiger partial charge on any atom is -0.328 e. The molecule has 2 nitrogen and oxygen atoms in total. The summed E-state index contributed by atoms with van der Waals surface area (Å²) >= 11 is 0. The molecule has 0 amide bonds. The fourth-order valence-corrected chi connectivity index (χ4v) is 2.92. The van der Waals surface area contributed by atoms with Crippen LogP contribution in [-0.4, -0.2) is 4.98 Å². The van der Waals surface area contributed by atoms with Crippen molar-refractivity contribution < 1.29 is 0 Å². The van der Waals surface area contributed by atoms with Gasteiger partial charge in [0.25, 0.3) is 0 Å². The Morgan fingerprint density at radius 2 is 1.35 bits per heavy atom. The molecule has 0 saturated carbocycles. The largest absolute Gasteiger partial charge is 0.328 e. The van der Waals surface area contributed by atoms with Crippen molar-refractivity contribution in [1.82, 2.24) is 4.98 Å². The molecule has 0 atom stereocenters. The zero-order valence-electron chi connectivity index (χ0n) is 14.3. The number of unbranched alkanes of at least 4 members (excludes halogenated alkanes) is 7. The molecule has 0 aliphatic heterocycles. The van der Waals surface area contributed by atoms with Crippen LogP contribution in [0.3, 0.4) is 0 Å². The predicted molar refractivity (Wildman–Crippen MR) is 98.8 cm³/mol. The van der Waals surface area contributed by atoms with E-state index in [9.17, 15) is 4.79 Å². The first-order valence-corrected chi connectivity index (χ1v) is 9.07. The van der Waals surface area contributed by atoms with Crippen molar-refractivity contribution in [2.24, 2.45) is 0 Å². The van der Waals surface area contributed by atoms with E-state index >= 15 is 0 Å². The zero-order chi connectivity index (χ0) is 16.3. The van der Waals surface area contributed by atoms with Crippen LogP contribution in [0.25, 0.3) is 11.1 Å². The average Bonchev–Trinajstić information content (AvgIpc) is 2.59. The molecule has 2 rings (SSSR count). The van der Waals surface area contributed by atoms with Gasteiger partial charge in [-0.05, 0) is 35.6 Å². The van der Waals surface area contributed by atoms with Gasteiger partial charge in [-0.3, -0.25) is 4.79 Å².